The van der Waals surface area contributed by atoms with E-state index in [2.05, 4.69) is 10.6 Å². The van der Waals surface area contributed by atoms with Crippen molar-refractivity contribution in [2.24, 2.45) is 0 Å². The number of hydrogen-bond acceptors (Lipinski definition) is 3. The Morgan fingerprint density at radius 3 is 2.56 bits per heavy atom. The van der Waals surface area contributed by atoms with Crippen LogP contribution >= 0.6 is 0 Å². The second-order valence-corrected chi connectivity index (χ2v) is 5.27. The molecule has 1 rings (SSSR count). The topological polar surface area (TPSA) is 61.4 Å². The highest BCUT2D eigenvalue weighted by Gasteiger charge is 2.20. The van der Waals surface area contributed by atoms with Crippen LogP contribution in [0.4, 0.5) is 0 Å². The van der Waals surface area contributed by atoms with Crippen LogP contribution in [0.25, 0.3) is 0 Å². The lowest BCUT2D eigenvalue weighted by Crippen LogP contribution is -2.48. The molecule has 0 atom stereocenters. The van der Waals surface area contributed by atoms with Gasteiger partial charge in [0.25, 0.3) is 0 Å². The van der Waals surface area contributed by atoms with Crippen molar-refractivity contribution >= 4 is 5.91 Å². The molecular weight excluding hydrogens is 204 g/mol. The maximum atomic E-state index is 11.6. The molecule has 1 saturated carbocycles. The van der Waals surface area contributed by atoms with Gasteiger partial charge in [-0.05, 0) is 33.1 Å². The van der Waals surface area contributed by atoms with E-state index in [-0.39, 0.29) is 18.1 Å². The number of rotatable bonds is 6. The summed E-state index contributed by atoms with van der Waals surface area (Å²) in [5.74, 6) is 0.0188. The molecule has 4 heteroatoms. The third-order valence-electron chi connectivity index (χ3n) is 3.12. The van der Waals surface area contributed by atoms with Gasteiger partial charge < -0.3 is 15.7 Å². The normalized spacial score (nSPS) is 17.7. The Balaban J connectivity index is 2.19. The average Bonchev–Trinajstić information content (AvgIpc) is 2.66. The van der Waals surface area contributed by atoms with Crippen LogP contribution in [0, 0.1) is 0 Å². The van der Waals surface area contributed by atoms with Crippen molar-refractivity contribution < 1.29 is 9.90 Å². The number of aliphatic hydroxyl groups is 1. The number of carbonyl (C=O) groups is 1. The minimum Gasteiger partial charge on any atom is -0.396 e. The van der Waals surface area contributed by atoms with Gasteiger partial charge in [0.2, 0.25) is 5.91 Å². The molecule has 0 unspecified atom stereocenters. The molecule has 0 bridgehead atoms. The van der Waals surface area contributed by atoms with Gasteiger partial charge >= 0.3 is 0 Å². The molecule has 3 N–H and O–H groups in total. The fourth-order valence-corrected chi connectivity index (χ4v) is 2.13. The number of hydrogen-bond donors (Lipinski definition) is 3. The highest BCUT2D eigenvalue weighted by molar-refractivity contribution is 5.78. The molecule has 4 nitrogen and oxygen atoms in total. The lowest BCUT2D eigenvalue weighted by Gasteiger charge is -2.25. The molecule has 16 heavy (non-hydrogen) atoms. The Morgan fingerprint density at radius 1 is 1.38 bits per heavy atom. The third-order valence-corrected chi connectivity index (χ3v) is 3.12. The van der Waals surface area contributed by atoms with E-state index in [9.17, 15) is 4.79 Å². The van der Waals surface area contributed by atoms with Gasteiger partial charge in [0.1, 0.15) is 0 Å². The van der Waals surface area contributed by atoms with Gasteiger partial charge in [-0.15, -0.1) is 0 Å². The number of nitrogens with one attached hydrogen (secondary N) is 2. The Bertz CT molecular complexity index is 223. The SMILES string of the molecule is CC(C)(CCO)NC(=O)CNC1CCCC1. The second-order valence-electron chi connectivity index (χ2n) is 5.27. The molecular formula is C12H24N2O2. The van der Waals surface area contributed by atoms with E-state index in [1.165, 1.54) is 25.7 Å². The smallest absolute Gasteiger partial charge is 0.234 e. The maximum Gasteiger partial charge on any atom is 0.234 e. The van der Waals surface area contributed by atoms with Crippen LogP contribution in [-0.2, 0) is 4.79 Å². The van der Waals surface area contributed by atoms with Gasteiger partial charge in [-0.2, -0.15) is 0 Å². The van der Waals surface area contributed by atoms with Crippen molar-refractivity contribution in [3.8, 4) is 0 Å². The van der Waals surface area contributed by atoms with E-state index >= 15 is 0 Å². The zero-order valence-electron chi connectivity index (χ0n) is 10.4. The summed E-state index contributed by atoms with van der Waals surface area (Å²) >= 11 is 0. The van der Waals surface area contributed by atoms with Crippen molar-refractivity contribution in [1.29, 1.82) is 0 Å². The first-order valence-corrected chi connectivity index (χ1v) is 6.19. The Hall–Kier alpha value is -0.610. The van der Waals surface area contributed by atoms with Gasteiger partial charge in [-0.3, -0.25) is 4.79 Å². The minimum atomic E-state index is -0.316. The molecule has 0 spiro atoms. The van der Waals surface area contributed by atoms with Gasteiger partial charge in [-0.1, -0.05) is 12.8 Å². The van der Waals surface area contributed by atoms with E-state index in [0.717, 1.165) is 0 Å². The monoisotopic (exact) mass is 228 g/mol. The van der Waals surface area contributed by atoms with Crippen molar-refractivity contribution in [1.82, 2.24) is 10.6 Å². The largest absolute Gasteiger partial charge is 0.396 e. The zero-order chi connectivity index (χ0) is 12.0. The Morgan fingerprint density at radius 2 is 2.00 bits per heavy atom. The van der Waals surface area contributed by atoms with Crippen molar-refractivity contribution in [2.45, 2.75) is 57.5 Å². The molecule has 1 aliphatic rings. The number of amides is 1. The lowest BCUT2D eigenvalue weighted by atomic mass is 10.0. The molecule has 0 aromatic carbocycles. The standard InChI is InChI=1S/C12H24N2O2/c1-12(2,7-8-15)14-11(16)9-13-10-5-3-4-6-10/h10,13,15H,3-9H2,1-2H3,(H,14,16). The fraction of sp³-hybridized carbons (Fsp3) is 0.917. The second kappa shape index (κ2) is 6.21. The van der Waals surface area contributed by atoms with Gasteiger partial charge in [0.05, 0.1) is 6.54 Å². The minimum absolute atomic E-state index is 0.0188. The van der Waals surface area contributed by atoms with Crippen LogP contribution in [0.3, 0.4) is 0 Å². The molecule has 0 aromatic heterocycles. The molecule has 0 aromatic rings. The van der Waals surface area contributed by atoms with E-state index in [0.29, 0.717) is 19.0 Å². The molecule has 94 valence electrons. The molecule has 1 amide bonds. The zero-order valence-corrected chi connectivity index (χ0v) is 10.4. The first kappa shape index (κ1) is 13.5. The molecule has 0 saturated heterocycles. The predicted molar refractivity (Wildman–Crippen MR) is 64.2 cm³/mol. The summed E-state index contributed by atoms with van der Waals surface area (Å²) in [5, 5.41) is 15.0. The molecule has 0 radical (unpaired) electrons. The van der Waals surface area contributed by atoms with Crippen LogP contribution in [0.2, 0.25) is 0 Å². The molecule has 1 aliphatic carbocycles. The summed E-state index contributed by atoms with van der Waals surface area (Å²) in [6, 6.07) is 0.520. The number of carbonyl (C=O) groups excluding carboxylic acids is 1. The first-order chi connectivity index (χ1) is 7.53. The summed E-state index contributed by atoms with van der Waals surface area (Å²) in [5.41, 5.74) is -0.316. The first-order valence-electron chi connectivity index (χ1n) is 6.19. The quantitative estimate of drug-likeness (QED) is 0.630. The summed E-state index contributed by atoms with van der Waals surface area (Å²) < 4.78 is 0. The van der Waals surface area contributed by atoms with Crippen LogP contribution in [0.15, 0.2) is 0 Å². The summed E-state index contributed by atoms with van der Waals surface area (Å²) in [6.07, 6.45) is 5.51. The lowest BCUT2D eigenvalue weighted by molar-refractivity contribution is -0.122. The van der Waals surface area contributed by atoms with Crippen LogP contribution < -0.4 is 10.6 Å². The van der Waals surface area contributed by atoms with E-state index < -0.39 is 0 Å². The Kier molecular flexibility index (Phi) is 5.22. The van der Waals surface area contributed by atoms with Crippen LogP contribution in [0.1, 0.15) is 46.0 Å². The van der Waals surface area contributed by atoms with E-state index in [1.54, 1.807) is 0 Å². The highest BCUT2D eigenvalue weighted by atomic mass is 16.3. The summed E-state index contributed by atoms with van der Waals surface area (Å²) in [7, 11) is 0. The van der Waals surface area contributed by atoms with Crippen LogP contribution in [0.5, 0.6) is 0 Å². The van der Waals surface area contributed by atoms with E-state index in [1.807, 2.05) is 13.8 Å². The fourth-order valence-electron chi connectivity index (χ4n) is 2.13. The van der Waals surface area contributed by atoms with Crippen LogP contribution in [-0.4, -0.2) is 35.7 Å². The predicted octanol–water partition coefficient (Wildman–Crippen LogP) is 0.796. The van der Waals surface area contributed by atoms with Crippen molar-refractivity contribution in [2.75, 3.05) is 13.2 Å². The Labute approximate surface area is 97.8 Å². The maximum absolute atomic E-state index is 11.6. The molecule has 0 aliphatic heterocycles. The summed E-state index contributed by atoms with van der Waals surface area (Å²) in [6.45, 7) is 4.34. The van der Waals surface area contributed by atoms with E-state index in [4.69, 9.17) is 5.11 Å². The number of aliphatic hydroxyl groups excluding tert-OH is 1. The average molecular weight is 228 g/mol. The van der Waals surface area contributed by atoms with Gasteiger partial charge in [0, 0.05) is 18.2 Å². The summed E-state index contributed by atoms with van der Waals surface area (Å²) in [4.78, 5) is 11.6. The van der Waals surface area contributed by atoms with Gasteiger partial charge in [-0.25, -0.2) is 0 Å². The third kappa shape index (κ3) is 4.94. The van der Waals surface area contributed by atoms with Crippen molar-refractivity contribution in [3.05, 3.63) is 0 Å². The molecule has 0 heterocycles. The van der Waals surface area contributed by atoms with Crippen molar-refractivity contribution in [3.63, 3.8) is 0 Å². The van der Waals surface area contributed by atoms with Gasteiger partial charge in [0.15, 0.2) is 0 Å². The highest BCUT2D eigenvalue weighted by Crippen LogP contribution is 2.17. The molecule has 1 fully saturated rings.